The van der Waals surface area contributed by atoms with E-state index in [-0.39, 0.29) is 24.0 Å². The van der Waals surface area contributed by atoms with E-state index in [9.17, 15) is 0 Å². The summed E-state index contributed by atoms with van der Waals surface area (Å²) in [5.74, 6) is 3.41. The molecule has 0 saturated carbocycles. The van der Waals surface area contributed by atoms with Crippen molar-refractivity contribution >= 4 is 41.0 Å². The van der Waals surface area contributed by atoms with Gasteiger partial charge in [-0.1, -0.05) is 12.1 Å². The molecule has 0 aliphatic carbocycles. The molecule has 3 rings (SSSR count). The van der Waals surface area contributed by atoms with E-state index in [1.807, 2.05) is 37.4 Å². The number of para-hydroxylation sites is 2. The van der Waals surface area contributed by atoms with Gasteiger partial charge in [0.1, 0.15) is 5.82 Å². The van der Waals surface area contributed by atoms with Crippen molar-refractivity contribution in [1.29, 1.82) is 0 Å². The minimum Gasteiger partial charge on any atom is -0.493 e. The maximum atomic E-state index is 5.41. The second kappa shape index (κ2) is 10.9. The van der Waals surface area contributed by atoms with Gasteiger partial charge in [-0.15, -0.1) is 24.0 Å². The Bertz CT molecular complexity index is 994. The first kappa shape index (κ1) is 23.6. The second-order valence-electron chi connectivity index (χ2n) is 6.39. The number of benzene rings is 2. The standard InChI is InChI=1S/C21H27N5O3.HI/c1-22-21(24-13-19-25-15-8-6-7-9-16(15)26(19)2)23-12-14-10-17(27-3)20(29-5)18(11-14)28-4;/h6-11H,12-13H2,1-5H3,(H2,22,23,24);1H. The van der Waals surface area contributed by atoms with Gasteiger partial charge >= 0.3 is 0 Å². The van der Waals surface area contributed by atoms with Crippen molar-refractivity contribution in [2.45, 2.75) is 13.1 Å². The predicted molar refractivity (Wildman–Crippen MR) is 129 cm³/mol. The Hall–Kier alpha value is -2.69. The van der Waals surface area contributed by atoms with Gasteiger partial charge in [0.05, 0.1) is 38.9 Å². The van der Waals surface area contributed by atoms with E-state index in [2.05, 4.69) is 31.2 Å². The van der Waals surface area contributed by atoms with Crippen LogP contribution in [0.25, 0.3) is 11.0 Å². The van der Waals surface area contributed by atoms with Crippen LogP contribution in [0.4, 0.5) is 0 Å². The molecule has 9 heteroatoms. The summed E-state index contributed by atoms with van der Waals surface area (Å²) < 4.78 is 18.3. The van der Waals surface area contributed by atoms with Crippen molar-refractivity contribution in [2.24, 2.45) is 12.0 Å². The van der Waals surface area contributed by atoms with Crippen LogP contribution in [0, 0.1) is 0 Å². The predicted octanol–water partition coefficient (Wildman–Crippen LogP) is 3.08. The van der Waals surface area contributed by atoms with Gasteiger partial charge in [-0.3, -0.25) is 4.99 Å². The molecule has 30 heavy (non-hydrogen) atoms. The van der Waals surface area contributed by atoms with E-state index in [0.29, 0.717) is 36.3 Å². The number of nitrogens with one attached hydrogen (secondary N) is 2. The van der Waals surface area contributed by atoms with Crippen LogP contribution >= 0.6 is 24.0 Å². The van der Waals surface area contributed by atoms with Crippen molar-refractivity contribution in [3.8, 4) is 17.2 Å². The Morgan fingerprint density at radius 1 is 1.00 bits per heavy atom. The number of ether oxygens (including phenoxy) is 3. The van der Waals surface area contributed by atoms with Gasteiger partial charge in [-0.05, 0) is 29.8 Å². The monoisotopic (exact) mass is 525 g/mol. The average Bonchev–Trinajstić information content (AvgIpc) is 3.08. The molecule has 0 amide bonds. The molecule has 1 aromatic heterocycles. The quantitative estimate of drug-likeness (QED) is 0.281. The Kier molecular flexibility index (Phi) is 8.58. The SMILES string of the molecule is CN=C(NCc1cc(OC)c(OC)c(OC)c1)NCc1nc2ccccc2n1C.I. The zero-order valence-electron chi connectivity index (χ0n) is 17.9. The fourth-order valence-electron chi connectivity index (χ4n) is 3.16. The summed E-state index contributed by atoms with van der Waals surface area (Å²) in [6, 6.07) is 11.9. The topological polar surface area (TPSA) is 81.9 Å². The third-order valence-electron chi connectivity index (χ3n) is 4.70. The Morgan fingerprint density at radius 3 is 2.20 bits per heavy atom. The van der Waals surface area contributed by atoms with E-state index in [4.69, 9.17) is 14.2 Å². The highest BCUT2D eigenvalue weighted by molar-refractivity contribution is 14.0. The molecular weight excluding hydrogens is 497 g/mol. The fourth-order valence-corrected chi connectivity index (χ4v) is 3.16. The van der Waals surface area contributed by atoms with Crippen molar-refractivity contribution in [3.05, 3.63) is 47.8 Å². The first-order valence-electron chi connectivity index (χ1n) is 9.25. The molecule has 2 N–H and O–H groups in total. The van der Waals surface area contributed by atoms with Gasteiger partial charge in [0.25, 0.3) is 0 Å². The number of aryl methyl sites for hydroxylation is 1. The number of fused-ring (bicyclic) bond motifs is 1. The van der Waals surface area contributed by atoms with Crippen LogP contribution < -0.4 is 24.8 Å². The normalized spacial score (nSPS) is 11.0. The van der Waals surface area contributed by atoms with Crippen LogP contribution in [-0.2, 0) is 20.1 Å². The number of guanidine groups is 1. The molecule has 0 radical (unpaired) electrons. The summed E-state index contributed by atoms with van der Waals surface area (Å²) in [7, 11) is 8.54. The molecule has 8 nitrogen and oxygen atoms in total. The van der Waals surface area contributed by atoms with Crippen molar-refractivity contribution in [1.82, 2.24) is 20.2 Å². The summed E-state index contributed by atoms with van der Waals surface area (Å²) in [5.41, 5.74) is 3.06. The van der Waals surface area contributed by atoms with Crippen molar-refractivity contribution in [2.75, 3.05) is 28.4 Å². The smallest absolute Gasteiger partial charge is 0.203 e. The zero-order chi connectivity index (χ0) is 20.8. The Labute approximate surface area is 193 Å². The molecule has 162 valence electrons. The van der Waals surface area contributed by atoms with Gasteiger partial charge in [0.2, 0.25) is 5.75 Å². The zero-order valence-corrected chi connectivity index (χ0v) is 20.2. The van der Waals surface area contributed by atoms with Crippen LogP contribution in [0.1, 0.15) is 11.4 Å². The number of imidazole rings is 1. The minimum absolute atomic E-state index is 0. The minimum atomic E-state index is 0. The molecule has 0 aliphatic rings. The van der Waals surface area contributed by atoms with Gasteiger partial charge in [0.15, 0.2) is 17.5 Å². The summed E-state index contributed by atoms with van der Waals surface area (Å²) in [6.45, 7) is 1.10. The maximum Gasteiger partial charge on any atom is 0.203 e. The molecular formula is C21H28IN5O3. The van der Waals surface area contributed by atoms with Crippen LogP contribution in [-0.4, -0.2) is 43.9 Å². The third-order valence-corrected chi connectivity index (χ3v) is 4.70. The van der Waals surface area contributed by atoms with Crippen molar-refractivity contribution < 1.29 is 14.2 Å². The second-order valence-corrected chi connectivity index (χ2v) is 6.39. The molecule has 0 atom stereocenters. The highest BCUT2D eigenvalue weighted by Crippen LogP contribution is 2.38. The van der Waals surface area contributed by atoms with Gasteiger partial charge in [-0.25, -0.2) is 4.98 Å². The lowest BCUT2D eigenvalue weighted by atomic mass is 10.2. The molecule has 2 aromatic carbocycles. The van der Waals surface area contributed by atoms with Gasteiger partial charge in [0, 0.05) is 20.6 Å². The lowest BCUT2D eigenvalue weighted by Gasteiger charge is -2.16. The summed E-state index contributed by atoms with van der Waals surface area (Å²) in [4.78, 5) is 8.96. The fraction of sp³-hybridized carbons (Fsp3) is 0.333. The largest absolute Gasteiger partial charge is 0.493 e. The number of aliphatic imine (C=N–C) groups is 1. The number of hydrogen-bond donors (Lipinski definition) is 2. The van der Waals surface area contributed by atoms with E-state index in [1.54, 1.807) is 28.4 Å². The number of methoxy groups -OCH3 is 3. The Balaban J connectivity index is 0.00000320. The first-order valence-corrected chi connectivity index (χ1v) is 9.25. The van der Waals surface area contributed by atoms with E-state index >= 15 is 0 Å². The molecule has 0 aliphatic heterocycles. The number of halogens is 1. The number of hydrogen-bond acceptors (Lipinski definition) is 5. The summed E-state index contributed by atoms with van der Waals surface area (Å²) in [6.07, 6.45) is 0. The average molecular weight is 525 g/mol. The lowest BCUT2D eigenvalue weighted by Crippen LogP contribution is -2.36. The van der Waals surface area contributed by atoms with Gasteiger partial charge < -0.3 is 29.4 Å². The highest BCUT2D eigenvalue weighted by Gasteiger charge is 2.13. The van der Waals surface area contributed by atoms with Crippen molar-refractivity contribution in [3.63, 3.8) is 0 Å². The highest BCUT2D eigenvalue weighted by atomic mass is 127. The molecule has 0 spiro atoms. The molecule has 0 fully saturated rings. The molecule has 0 saturated heterocycles. The van der Waals surface area contributed by atoms with E-state index in [0.717, 1.165) is 22.4 Å². The van der Waals surface area contributed by atoms with Crippen LogP contribution in [0.5, 0.6) is 17.2 Å². The molecule has 1 heterocycles. The van der Waals surface area contributed by atoms with Crippen LogP contribution in [0.3, 0.4) is 0 Å². The maximum absolute atomic E-state index is 5.41. The van der Waals surface area contributed by atoms with Crippen LogP contribution in [0.15, 0.2) is 41.4 Å². The van der Waals surface area contributed by atoms with Gasteiger partial charge in [-0.2, -0.15) is 0 Å². The van der Waals surface area contributed by atoms with Crippen LogP contribution in [0.2, 0.25) is 0 Å². The summed E-state index contributed by atoms with van der Waals surface area (Å²) >= 11 is 0. The number of nitrogens with zero attached hydrogens (tertiary/aromatic N) is 3. The molecule has 0 bridgehead atoms. The Morgan fingerprint density at radius 2 is 1.63 bits per heavy atom. The third kappa shape index (κ3) is 5.07. The summed E-state index contributed by atoms with van der Waals surface area (Å²) in [5, 5.41) is 6.61. The lowest BCUT2D eigenvalue weighted by molar-refractivity contribution is 0.323. The molecule has 0 unspecified atom stereocenters. The van der Waals surface area contributed by atoms with E-state index in [1.165, 1.54) is 0 Å². The first-order chi connectivity index (χ1) is 14.1. The molecule has 3 aromatic rings. The number of rotatable bonds is 7. The number of aromatic nitrogens is 2. The van der Waals surface area contributed by atoms with E-state index < -0.39 is 0 Å².